The van der Waals surface area contributed by atoms with Crippen LogP contribution in [-0.2, 0) is 6.42 Å². The lowest BCUT2D eigenvalue weighted by atomic mass is 9.91. The van der Waals surface area contributed by atoms with E-state index in [0.29, 0.717) is 0 Å². The molecule has 0 saturated carbocycles. The Morgan fingerprint density at radius 1 is 0.580 bits per heavy atom. The third-order valence-electron chi connectivity index (χ3n) is 10.9. The summed E-state index contributed by atoms with van der Waals surface area (Å²) in [6.07, 6.45) is 1.78. The molecule has 0 aliphatic carbocycles. The number of nitrogens with one attached hydrogen (secondary N) is 1. The van der Waals surface area contributed by atoms with Crippen molar-refractivity contribution in [3.8, 4) is 0 Å². The van der Waals surface area contributed by atoms with Crippen molar-refractivity contribution in [2.75, 3.05) is 5.32 Å². The molecule has 10 aromatic rings. The maximum Gasteiger partial charge on any atom is 0.131 e. The highest BCUT2D eigenvalue weighted by Gasteiger charge is 2.31. The molecule has 2 nitrogen and oxygen atoms in total. The molecule has 7 aromatic carbocycles. The van der Waals surface area contributed by atoms with Gasteiger partial charge in [0.15, 0.2) is 0 Å². The van der Waals surface area contributed by atoms with Crippen molar-refractivity contribution in [3.05, 3.63) is 156 Å². The molecule has 11 rings (SSSR count). The molecule has 0 saturated heterocycles. The molecular weight excluding hydrogens is 645 g/mol. The fourth-order valence-corrected chi connectivity index (χ4v) is 10.9. The normalized spacial score (nSPS) is 15.2. The van der Waals surface area contributed by atoms with Gasteiger partial charge in [-0.05, 0) is 93.4 Å². The van der Waals surface area contributed by atoms with Crippen LogP contribution in [0.3, 0.4) is 0 Å². The topological polar surface area (TPSA) is 17.0 Å². The molecule has 238 valence electrons. The van der Waals surface area contributed by atoms with Crippen molar-refractivity contribution in [2.45, 2.75) is 25.9 Å². The van der Waals surface area contributed by atoms with Crippen molar-refractivity contribution in [1.82, 2.24) is 4.57 Å². The van der Waals surface area contributed by atoms with Gasteiger partial charge in [0.1, 0.15) is 6.17 Å². The van der Waals surface area contributed by atoms with Gasteiger partial charge in [0.25, 0.3) is 0 Å². The summed E-state index contributed by atoms with van der Waals surface area (Å²) < 4.78 is 6.65. The Kier molecular flexibility index (Phi) is 6.13. The number of anilines is 1. The Morgan fingerprint density at radius 2 is 1.26 bits per heavy atom. The summed E-state index contributed by atoms with van der Waals surface area (Å²) in [6, 6.07) is 52.2. The number of benzene rings is 7. The maximum absolute atomic E-state index is 4.25. The largest absolute Gasteiger partial charge is 0.353 e. The second-order valence-corrected chi connectivity index (χ2v) is 15.7. The quantitative estimate of drug-likeness (QED) is 0.197. The predicted octanol–water partition coefficient (Wildman–Crippen LogP) is 13.7. The van der Waals surface area contributed by atoms with Crippen LogP contribution in [0.4, 0.5) is 5.00 Å². The first-order valence-electron chi connectivity index (χ1n) is 17.5. The molecule has 0 fully saturated rings. The molecule has 4 heterocycles. The monoisotopic (exact) mass is 676 g/mol. The van der Waals surface area contributed by atoms with E-state index in [1.54, 1.807) is 0 Å². The van der Waals surface area contributed by atoms with Crippen molar-refractivity contribution in [2.24, 2.45) is 0 Å². The molecule has 1 atom stereocenters. The Bertz CT molecular complexity index is 3040. The van der Waals surface area contributed by atoms with Crippen LogP contribution < -0.4 is 5.32 Å². The summed E-state index contributed by atoms with van der Waals surface area (Å²) in [5.41, 5.74) is 8.10. The molecule has 4 heteroatoms. The van der Waals surface area contributed by atoms with Crippen LogP contribution in [0.15, 0.2) is 145 Å². The number of hydrogen-bond donors (Lipinski definition) is 1. The summed E-state index contributed by atoms with van der Waals surface area (Å²) in [5, 5.41) is 17.3. The number of hydrogen-bond acceptors (Lipinski definition) is 3. The summed E-state index contributed by atoms with van der Waals surface area (Å²) in [6.45, 7) is 2.34. The maximum atomic E-state index is 4.25. The number of allylic oxidation sites excluding steroid dienone is 1. The average molecular weight is 677 g/mol. The minimum atomic E-state index is -0.121. The number of rotatable bonds is 3. The van der Waals surface area contributed by atoms with Crippen LogP contribution in [0.2, 0.25) is 0 Å². The van der Waals surface area contributed by atoms with Gasteiger partial charge in [0, 0.05) is 41.2 Å². The van der Waals surface area contributed by atoms with Crippen LogP contribution in [0.1, 0.15) is 30.6 Å². The highest BCUT2D eigenvalue weighted by molar-refractivity contribution is 7.25. The van der Waals surface area contributed by atoms with E-state index in [4.69, 9.17) is 0 Å². The lowest BCUT2D eigenvalue weighted by Crippen LogP contribution is -2.20. The van der Waals surface area contributed by atoms with Gasteiger partial charge in [-0.1, -0.05) is 110 Å². The van der Waals surface area contributed by atoms with Gasteiger partial charge < -0.3 is 9.88 Å². The molecule has 0 amide bonds. The summed E-state index contributed by atoms with van der Waals surface area (Å²) in [5.74, 6) is 0. The molecule has 50 heavy (non-hydrogen) atoms. The molecule has 0 bridgehead atoms. The van der Waals surface area contributed by atoms with E-state index in [-0.39, 0.29) is 6.17 Å². The standard InChI is InChI=1S/C46H32N2S2/c1-2-27-23-36-34-16-8-10-18-41(34)50-46(36)47-45(43(27)31-20-22-42-35(25-31)33-15-7-9-17-40(33)49-42)48-38-21-19-28-11-5-6-14-32(28)44(38)37-24-29-12-3-4-13-30(29)26-39(37)48/h3-22,24-26,45,47H,2,23H2,1H3. The Morgan fingerprint density at radius 3 is 2.08 bits per heavy atom. The van der Waals surface area contributed by atoms with Gasteiger partial charge in [-0.3, -0.25) is 0 Å². The van der Waals surface area contributed by atoms with Crippen molar-refractivity contribution < 1.29 is 0 Å². The number of aromatic nitrogens is 1. The third kappa shape index (κ3) is 4.06. The van der Waals surface area contributed by atoms with E-state index >= 15 is 0 Å². The fraction of sp³-hybridized carbons (Fsp3) is 0.0870. The lowest BCUT2D eigenvalue weighted by Gasteiger charge is -2.27. The summed E-state index contributed by atoms with van der Waals surface area (Å²) >= 11 is 3.79. The second-order valence-electron chi connectivity index (χ2n) is 13.6. The third-order valence-corrected chi connectivity index (χ3v) is 13.2. The van der Waals surface area contributed by atoms with E-state index in [2.05, 4.69) is 156 Å². The smallest absolute Gasteiger partial charge is 0.131 e. The number of nitrogens with zero attached hydrogens (tertiary/aromatic N) is 1. The van der Waals surface area contributed by atoms with Gasteiger partial charge in [0.2, 0.25) is 0 Å². The van der Waals surface area contributed by atoms with Crippen LogP contribution in [0, 0.1) is 0 Å². The zero-order valence-electron chi connectivity index (χ0n) is 27.5. The molecule has 1 aliphatic rings. The first kappa shape index (κ1) is 28.4. The Labute approximate surface area is 297 Å². The Hall–Kier alpha value is -5.42. The first-order chi connectivity index (χ1) is 24.7. The van der Waals surface area contributed by atoms with Gasteiger partial charge in [-0.15, -0.1) is 22.7 Å². The first-order valence-corrected chi connectivity index (χ1v) is 19.1. The van der Waals surface area contributed by atoms with E-state index in [0.717, 1.165) is 12.8 Å². The van der Waals surface area contributed by atoms with E-state index < -0.39 is 0 Å². The van der Waals surface area contributed by atoms with Gasteiger partial charge in [0.05, 0.1) is 16.0 Å². The number of thiophene rings is 2. The number of fused-ring (bicyclic) bond motifs is 12. The van der Waals surface area contributed by atoms with Gasteiger partial charge in [-0.25, -0.2) is 0 Å². The van der Waals surface area contributed by atoms with Crippen LogP contribution in [0.5, 0.6) is 0 Å². The molecule has 1 aliphatic heterocycles. The molecular formula is C46H32N2S2. The molecule has 0 spiro atoms. The SMILES string of the molecule is CCC1=C(c2ccc3sc4ccccc4c3c2)C(n2c3cc4ccccc4cc3c3c4ccccc4ccc32)Nc2sc3ccccc3c2C1. The predicted molar refractivity (Wildman–Crippen MR) is 219 cm³/mol. The van der Waals surface area contributed by atoms with Crippen molar-refractivity contribution in [3.63, 3.8) is 0 Å². The summed E-state index contributed by atoms with van der Waals surface area (Å²) in [4.78, 5) is 0. The second kappa shape index (κ2) is 10.8. The molecule has 1 N–H and O–H groups in total. The zero-order chi connectivity index (χ0) is 32.9. The van der Waals surface area contributed by atoms with Crippen LogP contribution in [0.25, 0.3) is 79.2 Å². The molecule has 3 aromatic heterocycles. The average Bonchev–Trinajstić information content (AvgIpc) is 3.78. The summed E-state index contributed by atoms with van der Waals surface area (Å²) in [7, 11) is 0. The minimum absolute atomic E-state index is 0.121. The zero-order valence-corrected chi connectivity index (χ0v) is 29.2. The highest BCUT2D eigenvalue weighted by Crippen LogP contribution is 2.49. The van der Waals surface area contributed by atoms with Crippen LogP contribution >= 0.6 is 22.7 Å². The lowest BCUT2D eigenvalue weighted by molar-refractivity contribution is 0.742. The fourth-order valence-electron chi connectivity index (χ4n) is 8.63. The van der Waals surface area contributed by atoms with Crippen molar-refractivity contribution >= 4 is 107 Å². The van der Waals surface area contributed by atoms with Gasteiger partial charge >= 0.3 is 0 Å². The van der Waals surface area contributed by atoms with Gasteiger partial charge in [-0.2, -0.15) is 0 Å². The minimum Gasteiger partial charge on any atom is -0.353 e. The molecule has 0 radical (unpaired) electrons. The van der Waals surface area contributed by atoms with E-state index in [9.17, 15) is 0 Å². The van der Waals surface area contributed by atoms with E-state index in [1.807, 2.05) is 22.7 Å². The molecule has 1 unspecified atom stereocenters. The van der Waals surface area contributed by atoms with E-state index in [1.165, 1.54) is 101 Å². The Balaban J connectivity index is 1.28. The van der Waals surface area contributed by atoms with Crippen molar-refractivity contribution in [1.29, 1.82) is 0 Å². The van der Waals surface area contributed by atoms with Crippen LogP contribution in [-0.4, -0.2) is 4.57 Å². The highest BCUT2D eigenvalue weighted by atomic mass is 32.1.